The van der Waals surface area contributed by atoms with E-state index in [1.807, 2.05) is 6.07 Å². The van der Waals surface area contributed by atoms with Crippen LogP contribution in [-0.2, 0) is 11.4 Å². The number of rotatable bonds is 11. The maximum atomic E-state index is 12.5. The Morgan fingerprint density at radius 2 is 2.19 bits per heavy atom. The molecule has 1 aliphatic heterocycles. The molecule has 1 aliphatic rings. The van der Waals surface area contributed by atoms with Crippen molar-refractivity contribution in [2.75, 3.05) is 50.8 Å². The van der Waals surface area contributed by atoms with Crippen LogP contribution in [0, 0.1) is 0 Å². The fraction of sp³-hybridized carbons (Fsp3) is 0.588. The van der Waals surface area contributed by atoms with Gasteiger partial charge in [-0.2, -0.15) is 0 Å². The number of aliphatic hydroxyl groups excluding tert-OH is 2. The molecule has 0 amide bonds. The van der Waals surface area contributed by atoms with Crippen LogP contribution in [0.25, 0.3) is 0 Å². The van der Waals surface area contributed by atoms with Crippen molar-refractivity contribution in [3.05, 3.63) is 17.7 Å². The summed E-state index contributed by atoms with van der Waals surface area (Å²) in [5, 5.41) is 28.6. The molecule has 1 aromatic carbocycles. The van der Waals surface area contributed by atoms with E-state index in [9.17, 15) is 14.8 Å². The van der Waals surface area contributed by atoms with Gasteiger partial charge >= 0.3 is 0 Å². The molecule has 3 atom stereocenters. The Bertz CT molecular complexity index is 741. The molecule has 0 spiro atoms. The van der Waals surface area contributed by atoms with Gasteiger partial charge in [-0.3, -0.25) is 9.62 Å². The molecule has 31 heavy (non-hydrogen) atoms. The highest BCUT2D eigenvalue weighted by atomic mass is 32.2. The number of nitrogens with two attached hydrogens (primary N) is 4. The first-order chi connectivity index (χ1) is 14.8. The van der Waals surface area contributed by atoms with Crippen molar-refractivity contribution in [1.82, 2.24) is 15.2 Å². The number of anilines is 1. The quantitative estimate of drug-likeness (QED) is 0.0406. The van der Waals surface area contributed by atoms with Crippen LogP contribution in [0.15, 0.2) is 27.0 Å². The first kappa shape index (κ1) is 25.9. The average Bonchev–Trinajstić information content (AvgIpc) is 2.74. The summed E-state index contributed by atoms with van der Waals surface area (Å²) < 4.78 is 15.6. The molecule has 1 aromatic rings. The largest absolute Gasteiger partial charge is 0.593 e. The van der Waals surface area contributed by atoms with Crippen LogP contribution in [0.1, 0.15) is 12.5 Å². The van der Waals surface area contributed by atoms with Crippen molar-refractivity contribution in [3.8, 4) is 0 Å². The van der Waals surface area contributed by atoms with E-state index in [0.29, 0.717) is 35.0 Å². The molecule has 12 nitrogen and oxygen atoms in total. The summed E-state index contributed by atoms with van der Waals surface area (Å²) in [6.07, 6.45) is -0.706. The number of piperazine rings is 1. The molecule has 0 saturated carbocycles. The van der Waals surface area contributed by atoms with Crippen molar-refractivity contribution in [1.29, 1.82) is 0 Å². The maximum absolute atomic E-state index is 12.5. The van der Waals surface area contributed by atoms with Gasteiger partial charge in [0.25, 0.3) is 0 Å². The highest BCUT2D eigenvalue weighted by molar-refractivity contribution is 7.98. The van der Waals surface area contributed by atoms with Crippen LogP contribution < -0.4 is 37.6 Å². The van der Waals surface area contributed by atoms with Crippen LogP contribution >= 0.6 is 11.9 Å². The van der Waals surface area contributed by atoms with Gasteiger partial charge in [-0.05, 0) is 31.0 Å². The third kappa shape index (κ3) is 6.82. The molecular weight excluding hydrogens is 442 g/mol. The van der Waals surface area contributed by atoms with E-state index < -0.39 is 17.5 Å². The van der Waals surface area contributed by atoms with Gasteiger partial charge in [-0.25, -0.2) is 11.4 Å². The van der Waals surface area contributed by atoms with E-state index in [1.54, 1.807) is 6.07 Å². The minimum Gasteiger partial charge on any atom is -0.593 e. The Hall–Kier alpha value is -1.33. The lowest BCUT2D eigenvalue weighted by atomic mass is 10.1. The average molecular weight is 476 g/mol. The molecule has 1 fully saturated rings. The first-order valence-electron chi connectivity index (χ1n) is 9.84. The topological polar surface area (TPSA) is 211 Å². The lowest BCUT2D eigenvalue weighted by Crippen LogP contribution is -2.53. The molecule has 0 bridgehead atoms. The molecule has 2 rings (SSSR count). The third-order valence-electron chi connectivity index (χ3n) is 5.01. The fourth-order valence-corrected chi connectivity index (χ4v) is 5.25. The van der Waals surface area contributed by atoms with Gasteiger partial charge in [0.15, 0.2) is 5.84 Å². The highest BCUT2D eigenvalue weighted by Crippen LogP contribution is 2.35. The van der Waals surface area contributed by atoms with Crippen LogP contribution in [0.4, 0.5) is 5.69 Å². The van der Waals surface area contributed by atoms with Gasteiger partial charge in [0.05, 0.1) is 34.7 Å². The van der Waals surface area contributed by atoms with E-state index >= 15 is 0 Å². The second kappa shape index (κ2) is 12.6. The Labute approximate surface area is 189 Å². The van der Waals surface area contributed by atoms with Gasteiger partial charge in [0.2, 0.25) is 4.90 Å². The lowest BCUT2D eigenvalue weighted by molar-refractivity contribution is 0.146. The standard InChI is InChI=1S/C17H33N9O3S2/c1-11-10-26(5-4-25(11)6-7-27)13-2-3-14(30-22-9-12(28)8-18)16(31(21)29)15(13)17(19)23-24-20/h2-3,11-12,22,24,27-28H,4-10,18,20-21H2,1H3,(H2,19,23). The smallest absolute Gasteiger partial charge is 0.201 e. The summed E-state index contributed by atoms with van der Waals surface area (Å²) in [5.74, 6) is 5.39. The second-order valence-electron chi connectivity index (χ2n) is 7.11. The molecular formula is C17H33N9O3S2. The number of amidine groups is 1. The SMILES string of the molecule is CC1CN(c2ccc(SNCC(O)CN)c([S+](N)[O-])c2/C(N)=N/NN)CCN1CCO. The van der Waals surface area contributed by atoms with Gasteiger partial charge in [0, 0.05) is 45.3 Å². The van der Waals surface area contributed by atoms with E-state index in [-0.39, 0.29) is 31.6 Å². The number of benzene rings is 1. The third-order valence-corrected chi connectivity index (χ3v) is 6.83. The summed E-state index contributed by atoms with van der Waals surface area (Å²) >= 11 is -0.697. The Balaban J connectivity index is 2.42. The molecule has 0 radical (unpaired) electrons. The second-order valence-corrected chi connectivity index (χ2v) is 9.04. The summed E-state index contributed by atoms with van der Waals surface area (Å²) in [4.78, 5) is 5.24. The number of nitrogens with zero attached hydrogens (tertiary/aromatic N) is 3. The van der Waals surface area contributed by atoms with Crippen molar-refractivity contribution in [2.24, 2.45) is 27.6 Å². The molecule has 176 valence electrons. The van der Waals surface area contributed by atoms with Gasteiger partial charge < -0.3 is 31.1 Å². The zero-order valence-electron chi connectivity index (χ0n) is 17.5. The number of hydrogen-bond donors (Lipinski definition) is 8. The predicted molar refractivity (Wildman–Crippen MR) is 124 cm³/mol. The van der Waals surface area contributed by atoms with Crippen LogP contribution in [-0.4, -0.2) is 83.5 Å². The van der Waals surface area contributed by atoms with Crippen LogP contribution in [0.5, 0.6) is 0 Å². The van der Waals surface area contributed by atoms with E-state index in [4.69, 9.17) is 22.4 Å². The zero-order chi connectivity index (χ0) is 23.0. The van der Waals surface area contributed by atoms with Gasteiger partial charge in [-0.1, -0.05) is 0 Å². The molecule has 12 N–H and O–H groups in total. The predicted octanol–water partition coefficient (Wildman–Crippen LogP) is -2.83. The molecule has 3 unspecified atom stereocenters. The molecule has 14 heteroatoms. The van der Waals surface area contributed by atoms with E-state index in [1.165, 1.54) is 11.9 Å². The van der Waals surface area contributed by atoms with Gasteiger partial charge in [-0.15, -0.1) is 10.2 Å². The molecule has 1 heterocycles. The van der Waals surface area contributed by atoms with Crippen LogP contribution in [0.2, 0.25) is 0 Å². The minimum atomic E-state index is -1.87. The first-order valence-corrected chi connectivity index (χ1v) is 11.9. The number of nitrogens with one attached hydrogen (secondary N) is 2. The van der Waals surface area contributed by atoms with Crippen LogP contribution in [0.3, 0.4) is 0 Å². The zero-order valence-corrected chi connectivity index (χ0v) is 19.2. The monoisotopic (exact) mass is 475 g/mol. The van der Waals surface area contributed by atoms with Crippen molar-refractivity contribution >= 4 is 34.8 Å². The summed E-state index contributed by atoms with van der Waals surface area (Å²) in [6.45, 7) is 5.28. The summed E-state index contributed by atoms with van der Waals surface area (Å²) in [6, 6.07) is 3.88. The number of hydrazine groups is 1. The van der Waals surface area contributed by atoms with Crippen molar-refractivity contribution < 1.29 is 14.8 Å². The number of hydrogen-bond acceptors (Lipinski definition) is 12. The maximum Gasteiger partial charge on any atom is 0.201 e. The normalized spacial score (nSPS) is 20.0. The minimum absolute atomic E-state index is 0.0567. The van der Waals surface area contributed by atoms with E-state index in [0.717, 1.165) is 12.2 Å². The van der Waals surface area contributed by atoms with Gasteiger partial charge in [0.1, 0.15) is 5.56 Å². The fourth-order valence-electron chi connectivity index (χ4n) is 3.44. The Morgan fingerprint density at radius 1 is 1.45 bits per heavy atom. The number of β-amino-alcohol motifs (C(OH)–C–C–N with tert-alkyl or cyclic N) is 1. The van der Waals surface area contributed by atoms with E-state index in [2.05, 4.69) is 32.1 Å². The lowest BCUT2D eigenvalue weighted by Gasteiger charge is -2.41. The number of aliphatic hydroxyl groups is 2. The molecule has 1 saturated heterocycles. The summed E-state index contributed by atoms with van der Waals surface area (Å²) in [7, 11) is 0. The summed E-state index contributed by atoms with van der Waals surface area (Å²) in [5.41, 5.74) is 15.0. The molecule has 0 aromatic heterocycles. The number of hydrazone groups is 1. The Morgan fingerprint density at radius 3 is 2.77 bits per heavy atom. The van der Waals surface area contributed by atoms with Crippen molar-refractivity contribution in [3.63, 3.8) is 0 Å². The van der Waals surface area contributed by atoms with Crippen molar-refractivity contribution in [2.45, 2.75) is 28.9 Å². The molecule has 0 aliphatic carbocycles. The Kier molecular flexibility index (Phi) is 10.6. The highest BCUT2D eigenvalue weighted by Gasteiger charge is 2.31.